The van der Waals surface area contributed by atoms with Gasteiger partial charge in [0.1, 0.15) is 17.3 Å². The Kier molecular flexibility index (Phi) is 13.5. The average Bonchev–Trinajstić information content (AvgIpc) is 3.76. The number of aromatic nitrogens is 5. The molecule has 1 amide bonds. The van der Waals surface area contributed by atoms with E-state index in [0.717, 1.165) is 96.8 Å². The van der Waals surface area contributed by atoms with E-state index in [2.05, 4.69) is 35.9 Å². The number of H-pyrrole nitrogens is 1. The number of aromatic amines is 1. The van der Waals surface area contributed by atoms with E-state index < -0.39 is 23.8 Å². The van der Waals surface area contributed by atoms with Crippen LogP contribution < -0.4 is 20.4 Å². The van der Waals surface area contributed by atoms with Crippen molar-refractivity contribution >= 4 is 45.7 Å². The van der Waals surface area contributed by atoms with Gasteiger partial charge in [-0.1, -0.05) is 61.8 Å². The minimum Gasteiger partial charge on any atom is -0.508 e. The number of carbonyl (C=O) groups excluding carboxylic acids is 1. The van der Waals surface area contributed by atoms with Crippen LogP contribution in [0.3, 0.4) is 0 Å². The highest BCUT2D eigenvalue weighted by Gasteiger charge is 2.46. The first-order valence-electron chi connectivity index (χ1n) is 24.5. The topological polar surface area (TPSA) is 177 Å². The number of nitrogens with zero attached hydrogens (tertiary/aromatic N) is 11. The fourth-order valence-electron chi connectivity index (χ4n) is 11.0. The van der Waals surface area contributed by atoms with E-state index in [-0.39, 0.29) is 49.3 Å². The van der Waals surface area contributed by atoms with Crippen LogP contribution in [0.4, 0.5) is 30.6 Å². The summed E-state index contributed by atoms with van der Waals surface area (Å²) in [5.41, 5.74) is 4.96. The first kappa shape index (κ1) is 48.7. The van der Waals surface area contributed by atoms with Gasteiger partial charge in [0.2, 0.25) is 5.95 Å². The zero-order chi connectivity index (χ0) is 50.4. The van der Waals surface area contributed by atoms with Crippen molar-refractivity contribution in [2.75, 3.05) is 80.1 Å². The third-order valence-electron chi connectivity index (χ3n) is 14.8. The number of nitrogens with one attached hydrogen (secondary N) is 1. The third-order valence-corrected chi connectivity index (χ3v) is 15.1. The fraction of sp³-hybridized carbons (Fsp3) is 0.423. The van der Waals surface area contributed by atoms with Crippen molar-refractivity contribution < 1.29 is 28.2 Å². The van der Waals surface area contributed by atoms with Crippen LogP contribution in [0.15, 0.2) is 77.6 Å². The normalized spacial score (nSPS) is 18.5. The molecule has 0 saturated carbocycles. The van der Waals surface area contributed by atoms with Crippen LogP contribution in [-0.4, -0.2) is 139 Å². The molecule has 0 radical (unpaired) electrons. The lowest BCUT2D eigenvalue weighted by Gasteiger charge is -2.44. The number of piperazine rings is 2. The number of piperidine rings is 1. The predicted molar refractivity (Wildman–Crippen MR) is 269 cm³/mol. The van der Waals surface area contributed by atoms with Gasteiger partial charge >= 0.3 is 17.8 Å². The van der Waals surface area contributed by atoms with Crippen molar-refractivity contribution in [3.63, 3.8) is 0 Å². The number of fused-ring (bicyclic) bond motifs is 2. The van der Waals surface area contributed by atoms with Gasteiger partial charge in [0, 0.05) is 101 Å². The van der Waals surface area contributed by atoms with Crippen LogP contribution in [-0.2, 0) is 24.3 Å². The SMILES string of the molecule is CC(C)c1cc(-c2n[nH]c(=O)n2-c2ccc(CN3CCN(C4CCN(c5nc6c(c(N7CCN(C(=O)C(F)(F)F)C(CC#N)C7)n5)CCN(c5cccc7cccc(Cl)c57)C6)CC4)CC3)cc2)c(O)cc1O. The maximum absolute atomic E-state index is 13.7. The van der Waals surface area contributed by atoms with Gasteiger partial charge in [-0.25, -0.2) is 19.4 Å². The van der Waals surface area contributed by atoms with Gasteiger partial charge in [-0.2, -0.15) is 28.5 Å². The first-order valence-corrected chi connectivity index (χ1v) is 24.9. The summed E-state index contributed by atoms with van der Waals surface area (Å²) in [6.07, 6.45) is -2.90. The van der Waals surface area contributed by atoms with E-state index in [1.54, 1.807) is 6.07 Å². The molecular weight excluding hydrogens is 949 g/mol. The van der Waals surface area contributed by atoms with Gasteiger partial charge in [-0.15, -0.1) is 0 Å². The van der Waals surface area contributed by atoms with Crippen molar-refractivity contribution in [1.29, 1.82) is 5.26 Å². The van der Waals surface area contributed by atoms with E-state index in [0.29, 0.717) is 59.2 Å². The minimum atomic E-state index is -5.04. The second kappa shape index (κ2) is 20.0. The lowest BCUT2D eigenvalue weighted by atomic mass is 9.98. The molecule has 16 nitrogen and oxygen atoms in total. The number of rotatable bonds is 10. The molecule has 4 aliphatic rings. The highest BCUT2D eigenvalue weighted by atomic mass is 35.5. The molecule has 0 bridgehead atoms. The maximum Gasteiger partial charge on any atom is 0.471 e. The molecule has 3 N–H and O–H groups in total. The van der Waals surface area contributed by atoms with Crippen LogP contribution in [0.2, 0.25) is 5.02 Å². The van der Waals surface area contributed by atoms with Crippen LogP contribution in [0.25, 0.3) is 27.8 Å². The van der Waals surface area contributed by atoms with Gasteiger partial charge in [-0.3, -0.25) is 14.6 Å². The van der Waals surface area contributed by atoms with Crippen LogP contribution in [0.1, 0.15) is 61.4 Å². The molecule has 0 aliphatic carbocycles. The minimum absolute atomic E-state index is 0.0184. The zero-order valence-corrected chi connectivity index (χ0v) is 40.9. The molecule has 4 aliphatic heterocycles. The van der Waals surface area contributed by atoms with Gasteiger partial charge in [0.15, 0.2) is 5.82 Å². The number of carbonyl (C=O) groups is 1. The molecule has 3 fully saturated rings. The van der Waals surface area contributed by atoms with E-state index in [1.807, 2.05) is 79.4 Å². The highest BCUT2D eigenvalue weighted by Crippen LogP contribution is 2.40. The van der Waals surface area contributed by atoms with Gasteiger partial charge < -0.3 is 29.8 Å². The molecule has 376 valence electrons. The summed E-state index contributed by atoms with van der Waals surface area (Å²) in [4.78, 5) is 48.1. The summed E-state index contributed by atoms with van der Waals surface area (Å²) >= 11 is 6.79. The number of anilines is 3. The largest absolute Gasteiger partial charge is 0.508 e. The number of amides is 1. The molecule has 72 heavy (non-hydrogen) atoms. The maximum atomic E-state index is 13.7. The Bertz CT molecular complexity index is 3080. The molecule has 3 saturated heterocycles. The van der Waals surface area contributed by atoms with Crippen LogP contribution in [0.5, 0.6) is 11.5 Å². The molecule has 6 aromatic rings. The van der Waals surface area contributed by atoms with E-state index in [1.165, 1.54) is 10.6 Å². The fourth-order valence-corrected chi connectivity index (χ4v) is 11.3. The Morgan fingerprint density at radius 3 is 2.33 bits per heavy atom. The van der Waals surface area contributed by atoms with Crippen LogP contribution in [0, 0.1) is 11.3 Å². The van der Waals surface area contributed by atoms with E-state index >= 15 is 0 Å². The molecule has 20 heteroatoms. The summed E-state index contributed by atoms with van der Waals surface area (Å²) in [5, 5.41) is 40.1. The number of alkyl halides is 3. The quantitative estimate of drug-likeness (QED) is 0.126. The number of phenolic OH excluding ortho intramolecular Hbond substituents is 2. The average molecular weight is 1010 g/mol. The second-order valence-corrected chi connectivity index (χ2v) is 19.9. The van der Waals surface area contributed by atoms with Crippen molar-refractivity contribution in [1.82, 2.24) is 39.4 Å². The summed E-state index contributed by atoms with van der Waals surface area (Å²) in [6, 6.07) is 24.1. The number of hydrogen-bond acceptors (Lipinski definition) is 13. The number of aromatic hydroxyl groups is 2. The lowest BCUT2D eigenvalue weighted by Crippen LogP contribution is -2.58. The Morgan fingerprint density at radius 2 is 1.62 bits per heavy atom. The molecule has 2 aromatic heterocycles. The second-order valence-electron chi connectivity index (χ2n) is 19.5. The number of benzene rings is 4. The smallest absolute Gasteiger partial charge is 0.471 e. The molecule has 0 spiro atoms. The monoisotopic (exact) mass is 1000 g/mol. The standard InChI is InChI=1S/C52H56ClF3N12O4/c1-32(2)39-27-40(45(70)28-44(39)69)48-60-61-51(72)68(48)36-11-9-33(10-12-36)29-62-21-23-63(24-22-62)35-14-18-64(19-15-35)50-58-42-31-65(43-8-4-6-34-5-3-7-41(53)46(34)43)20-16-38(42)47(59-50)66-25-26-67(37(30-66)13-17-57)49(71)52(54,55)56/h3-12,27-28,32,35,37,69-70H,13-16,18-26,29-31H2,1-2H3,(H,61,72). The van der Waals surface area contributed by atoms with E-state index in [9.17, 15) is 38.2 Å². The Hall–Kier alpha value is -6.88. The molecule has 4 aromatic carbocycles. The van der Waals surface area contributed by atoms with Gasteiger partial charge in [0.25, 0.3) is 0 Å². The molecule has 1 unspecified atom stereocenters. The van der Waals surface area contributed by atoms with Gasteiger partial charge in [0.05, 0.1) is 47.0 Å². The van der Waals surface area contributed by atoms with Crippen LogP contribution >= 0.6 is 11.6 Å². The number of nitriles is 1. The summed E-state index contributed by atoms with van der Waals surface area (Å²) in [6.45, 7) is 10.7. The molecule has 1 atom stereocenters. The number of halogens is 4. The number of phenols is 2. The Morgan fingerprint density at radius 1 is 0.889 bits per heavy atom. The van der Waals surface area contributed by atoms with Crippen molar-refractivity contribution in [3.8, 4) is 34.6 Å². The Balaban J connectivity index is 0.813. The van der Waals surface area contributed by atoms with Gasteiger partial charge in [-0.05, 0) is 72.0 Å². The lowest BCUT2D eigenvalue weighted by molar-refractivity contribution is -0.188. The molecule has 6 heterocycles. The Labute approximate surface area is 419 Å². The highest BCUT2D eigenvalue weighted by molar-refractivity contribution is 6.36. The third kappa shape index (κ3) is 9.62. The molecule has 10 rings (SSSR count). The summed E-state index contributed by atoms with van der Waals surface area (Å²) in [5.74, 6) is -0.688. The van der Waals surface area contributed by atoms with Crippen molar-refractivity contribution in [3.05, 3.63) is 111 Å². The van der Waals surface area contributed by atoms with Crippen molar-refractivity contribution in [2.45, 2.75) is 76.8 Å². The summed E-state index contributed by atoms with van der Waals surface area (Å²) < 4.78 is 42.5. The van der Waals surface area contributed by atoms with Crippen molar-refractivity contribution in [2.24, 2.45) is 0 Å². The van der Waals surface area contributed by atoms with E-state index in [4.69, 9.17) is 21.6 Å². The predicted octanol–water partition coefficient (Wildman–Crippen LogP) is 7.20. The summed E-state index contributed by atoms with van der Waals surface area (Å²) in [7, 11) is 0. The number of hydrogen-bond donors (Lipinski definition) is 3. The molecular formula is C52H56ClF3N12O4. The first-order chi connectivity index (χ1) is 34.6. The zero-order valence-electron chi connectivity index (χ0n) is 40.1.